The second-order valence-electron chi connectivity index (χ2n) is 5.61. The standard InChI is InChI=1S/C12H25N3O3S/c1-5-13-12(2,3)11(16)15-8-6-10(7-9-15)14-19(4,17)18/h10,13-14H,5-9H2,1-4H3. The molecule has 0 bridgehead atoms. The van der Waals surface area contributed by atoms with Gasteiger partial charge in [-0.05, 0) is 33.2 Å². The molecule has 1 fully saturated rings. The number of piperidine rings is 1. The number of hydrogen-bond acceptors (Lipinski definition) is 4. The third kappa shape index (κ3) is 5.08. The summed E-state index contributed by atoms with van der Waals surface area (Å²) in [7, 11) is -3.16. The molecular formula is C12H25N3O3S. The maximum absolute atomic E-state index is 12.3. The van der Waals surface area contributed by atoms with Crippen molar-refractivity contribution >= 4 is 15.9 Å². The molecule has 0 aromatic rings. The lowest BCUT2D eigenvalue weighted by Crippen LogP contribution is -2.57. The van der Waals surface area contributed by atoms with Gasteiger partial charge < -0.3 is 10.2 Å². The number of sulfonamides is 1. The molecule has 0 atom stereocenters. The molecule has 1 saturated heterocycles. The van der Waals surface area contributed by atoms with Gasteiger partial charge in [0.2, 0.25) is 15.9 Å². The molecule has 112 valence electrons. The quantitative estimate of drug-likeness (QED) is 0.742. The van der Waals surface area contributed by atoms with Crippen molar-refractivity contribution in [3.05, 3.63) is 0 Å². The number of carbonyl (C=O) groups excluding carboxylic acids is 1. The first-order valence-electron chi connectivity index (χ1n) is 6.67. The van der Waals surface area contributed by atoms with Crippen LogP contribution in [-0.4, -0.2) is 56.7 Å². The highest BCUT2D eigenvalue weighted by molar-refractivity contribution is 7.88. The molecule has 1 rings (SSSR count). The lowest BCUT2D eigenvalue weighted by atomic mass is 9.99. The minimum absolute atomic E-state index is 0.0544. The van der Waals surface area contributed by atoms with Crippen molar-refractivity contribution in [1.82, 2.24) is 14.9 Å². The molecule has 19 heavy (non-hydrogen) atoms. The van der Waals surface area contributed by atoms with Crippen molar-refractivity contribution in [3.8, 4) is 0 Å². The number of carbonyl (C=O) groups is 1. The van der Waals surface area contributed by atoms with Gasteiger partial charge in [-0.2, -0.15) is 0 Å². The predicted octanol–water partition coefficient (Wildman–Crippen LogP) is -0.0853. The lowest BCUT2D eigenvalue weighted by Gasteiger charge is -2.37. The zero-order valence-corrected chi connectivity index (χ0v) is 13.0. The van der Waals surface area contributed by atoms with E-state index in [9.17, 15) is 13.2 Å². The molecule has 0 saturated carbocycles. The molecule has 0 aromatic carbocycles. The number of likely N-dealkylation sites (tertiary alicyclic amines) is 1. The number of likely N-dealkylation sites (N-methyl/N-ethyl adjacent to an activating group) is 1. The number of nitrogens with one attached hydrogen (secondary N) is 2. The minimum Gasteiger partial charge on any atom is -0.341 e. The van der Waals surface area contributed by atoms with Crippen LogP contribution >= 0.6 is 0 Å². The number of rotatable bonds is 5. The Hall–Kier alpha value is -0.660. The Bertz CT molecular complexity index is 412. The third-order valence-electron chi connectivity index (χ3n) is 3.32. The zero-order chi connectivity index (χ0) is 14.7. The summed E-state index contributed by atoms with van der Waals surface area (Å²) in [6.07, 6.45) is 2.50. The van der Waals surface area contributed by atoms with Gasteiger partial charge in [0.15, 0.2) is 0 Å². The van der Waals surface area contributed by atoms with E-state index in [2.05, 4.69) is 10.0 Å². The summed E-state index contributed by atoms with van der Waals surface area (Å²) in [5, 5.41) is 3.17. The predicted molar refractivity (Wildman–Crippen MR) is 75.3 cm³/mol. The van der Waals surface area contributed by atoms with Crippen LogP contribution in [-0.2, 0) is 14.8 Å². The molecule has 1 heterocycles. The molecule has 2 N–H and O–H groups in total. The molecule has 0 aromatic heterocycles. The van der Waals surface area contributed by atoms with Crippen molar-refractivity contribution in [2.45, 2.75) is 45.2 Å². The lowest BCUT2D eigenvalue weighted by molar-refractivity contribution is -0.138. The topological polar surface area (TPSA) is 78.5 Å². The fourth-order valence-electron chi connectivity index (χ4n) is 2.42. The number of nitrogens with zero attached hydrogens (tertiary/aromatic N) is 1. The summed E-state index contributed by atoms with van der Waals surface area (Å²) in [5.41, 5.74) is -0.564. The Morgan fingerprint density at radius 1 is 1.32 bits per heavy atom. The molecule has 1 aliphatic heterocycles. The highest BCUT2D eigenvalue weighted by Gasteiger charge is 2.33. The maximum Gasteiger partial charge on any atom is 0.242 e. The van der Waals surface area contributed by atoms with Crippen molar-refractivity contribution in [1.29, 1.82) is 0 Å². The molecular weight excluding hydrogens is 266 g/mol. The van der Waals surface area contributed by atoms with Crippen molar-refractivity contribution in [2.75, 3.05) is 25.9 Å². The largest absolute Gasteiger partial charge is 0.341 e. The first-order valence-corrected chi connectivity index (χ1v) is 8.56. The van der Waals surface area contributed by atoms with Gasteiger partial charge in [-0.3, -0.25) is 4.79 Å². The summed E-state index contributed by atoms with van der Waals surface area (Å²) in [6, 6.07) is -0.0544. The van der Waals surface area contributed by atoms with Crippen LogP contribution < -0.4 is 10.0 Å². The molecule has 1 aliphatic rings. The highest BCUT2D eigenvalue weighted by atomic mass is 32.2. The summed E-state index contributed by atoms with van der Waals surface area (Å²) in [6.45, 7) is 7.66. The third-order valence-corrected chi connectivity index (χ3v) is 4.08. The van der Waals surface area contributed by atoms with Crippen molar-refractivity contribution in [3.63, 3.8) is 0 Å². The van der Waals surface area contributed by atoms with Gasteiger partial charge in [-0.25, -0.2) is 13.1 Å². The molecule has 0 radical (unpaired) electrons. The van der Waals surface area contributed by atoms with Gasteiger partial charge >= 0.3 is 0 Å². The van der Waals surface area contributed by atoms with Gasteiger partial charge in [0.1, 0.15) is 0 Å². The van der Waals surface area contributed by atoms with E-state index in [4.69, 9.17) is 0 Å². The average molecular weight is 291 g/mol. The zero-order valence-electron chi connectivity index (χ0n) is 12.2. The SMILES string of the molecule is CCNC(C)(C)C(=O)N1CCC(NS(C)(=O)=O)CC1. The van der Waals surface area contributed by atoms with E-state index in [0.29, 0.717) is 25.9 Å². The van der Waals surface area contributed by atoms with Gasteiger partial charge in [0.05, 0.1) is 11.8 Å². The van der Waals surface area contributed by atoms with Crippen LogP contribution in [0.1, 0.15) is 33.6 Å². The first kappa shape index (κ1) is 16.4. The van der Waals surface area contributed by atoms with Crippen molar-refractivity contribution in [2.24, 2.45) is 0 Å². The summed E-state index contributed by atoms with van der Waals surface area (Å²) in [5.74, 6) is 0.0761. The van der Waals surface area contributed by atoms with E-state index < -0.39 is 15.6 Å². The first-order chi connectivity index (χ1) is 8.65. The summed E-state index contributed by atoms with van der Waals surface area (Å²) < 4.78 is 24.9. The fourth-order valence-corrected chi connectivity index (χ4v) is 3.26. The normalized spacial score (nSPS) is 18.6. The molecule has 1 amide bonds. The van der Waals surface area contributed by atoms with E-state index in [0.717, 1.165) is 6.54 Å². The van der Waals surface area contributed by atoms with Crippen LogP contribution in [0, 0.1) is 0 Å². The van der Waals surface area contributed by atoms with Crippen LogP contribution in [0.4, 0.5) is 0 Å². The van der Waals surface area contributed by atoms with Gasteiger partial charge in [-0.1, -0.05) is 6.92 Å². The van der Waals surface area contributed by atoms with E-state index in [-0.39, 0.29) is 11.9 Å². The van der Waals surface area contributed by atoms with Crippen LogP contribution in [0.15, 0.2) is 0 Å². The average Bonchev–Trinajstić information content (AvgIpc) is 2.27. The Kier molecular flexibility index (Phi) is 5.34. The van der Waals surface area contributed by atoms with Crippen LogP contribution in [0.25, 0.3) is 0 Å². The number of amides is 1. The Morgan fingerprint density at radius 2 is 1.84 bits per heavy atom. The second kappa shape index (κ2) is 6.19. The van der Waals surface area contributed by atoms with E-state index >= 15 is 0 Å². The molecule has 0 unspecified atom stereocenters. The second-order valence-corrected chi connectivity index (χ2v) is 7.39. The summed E-state index contributed by atoms with van der Waals surface area (Å²) >= 11 is 0. The van der Waals surface area contributed by atoms with Gasteiger partial charge in [0, 0.05) is 19.1 Å². The molecule has 7 heteroatoms. The van der Waals surface area contributed by atoms with Crippen LogP contribution in [0.5, 0.6) is 0 Å². The number of hydrogen-bond donors (Lipinski definition) is 2. The van der Waals surface area contributed by atoms with Gasteiger partial charge in [0.25, 0.3) is 0 Å². The smallest absolute Gasteiger partial charge is 0.242 e. The minimum atomic E-state index is -3.16. The fraction of sp³-hybridized carbons (Fsp3) is 0.917. The van der Waals surface area contributed by atoms with Gasteiger partial charge in [-0.15, -0.1) is 0 Å². The highest BCUT2D eigenvalue weighted by Crippen LogP contribution is 2.16. The van der Waals surface area contributed by atoms with E-state index in [1.165, 1.54) is 6.26 Å². The monoisotopic (exact) mass is 291 g/mol. The summed E-state index contributed by atoms with van der Waals surface area (Å²) in [4.78, 5) is 14.1. The van der Waals surface area contributed by atoms with E-state index in [1.54, 1.807) is 0 Å². The Morgan fingerprint density at radius 3 is 2.26 bits per heavy atom. The molecule has 6 nitrogen and oxygen atoms in total. The van der Waals surface area contributed by atoms with E-state index in [1.807, 2.05) is 25.7 Å². The van der Waals surface area contributed by atoms with Crippen LogP contribution in [0.2, 0.25) is 0 Å². The molecule has 0 spiro atoms. The van der Waals surface area contributed by atoms with Crippen LogP contribution in [0.3, 0.4) is 0 Å². The van der Waals surface area contributed by atoms with Crippen molar-refractivity contribution < 1.29 is 13.2 Å². The Balaban J connectivity index is 2.52. The maximum atomic E-state index is 12.3. The molecule has 0 aliphatic carbocycles. The Labute approximate surface area is 116 Å².